The third-order valence-electron chi connectivity index (χ3n) is 1.65. The number of aromatic nitrogens is 2. The van der Waals surface area contributed by atoms with E-state index in [1.54, 1.807) is 7.11 Å². The largest absolute Gasteiger partial charge is 0.422 e. The zero-order valence-corrected chi connectivity index (χ0v) is 7.87. The van der Waals surface area contributed by atoms with Gasteiger partial charge in [-0.2, -0.15) is 0 Å². The molecule has 0 aliphatic carbocycles. The summed E-state index contributed by atoms with van der Waals surface area (Å²) in [7, 11) is 1.61. The van der Waals surface area contributed by atoms with Crippen LogP contribution in [-0.2, 0) is 4.74 Å². The number of ether oxygens (including phenoxy) is 1. The summed E-state index contributed by atoms with van der Waals surface area (Å²) in [6, 6.07) is 0. The van der Waals surface area contributed by atoms with E-state index >= 15 is 0 Å². The SMILES string of the molecule is COC(C)c1nnc(C(C)C)o1. The summed E-state index contributed by atoms with van der Waals surface area (Å²) in [5.74, 6) is 1.48. The molecule has 1 atom stereocenters. The quantitative estimate of drug-likeness (QED) is 0.695. The molecule has 0 saturated heterocycles. The first-order valence-electron chi connectivity index (χ1n) is 4.01. The smallest absolute Gasteiger partial charge is 0.244 e. The van der Waals surface area contributed by atoms with Crippen molar-refractivity contribution < 1.29 is 9.15 Å². The van der Waals surface area contributed by atoms with Crippen molar-refractivity contribution in [3.05, 3.63) is 11.8 Å². The third kappa shape index (κ3) is 1.82. The van der Waals surface area contributed by atoms with Crippen LogP contribution in [0.1, 0.15) is 44.6 Å². The van der Waals surface area contributed by atoms with Crippen molar-refractivity contribution in [1.29, 1.82) is 0 Å². The van der Waals surface area contributed by atoms with Crippen molar-refractivity contribution in [3.8, 4) is 0 Å². The fraction of sp³-hybridized carbons (Fsp3) is 0.750. The van der Waals surface area contributed by atoms with Gasteiger partial charge in [0.05, 0.1) is 0 Å². The van der Waals surface area contributed by atoms with E-state index in [0.717, 1.165) is 0 Å². The lowest BCUT2D eigenvalue weighted by Gasteiger charge is -2.02. The summed E-state index contributed by atoms with van der Waals surface area (Å²) in [4.78, 5) is 0. The van der Waals surface area contributed by atoms with Gasteiger partial charge < -0.3 is 9.15 Å². The molecule has 0 aromatic carbocycles. The van der Waals surface area contributed by atoms with Gasteiger partial charge in [0.2, 0.25) is 11.8 Å². The normalized spacial score (nSPS) is 13.8. The Kier molecular flexibility index (Phi) is 2.81. The molecule has 0 fully saturated rings. The van der Waals surface area contributed by atoms with Crippen LogP contribution in [0.2, 0.25) is 0 Å². The molecule has 1 aromatic rings. The Balaban J connectivity index is 2.77. The van der Waals surface area contributed by atoms with E-state index in [1.165, 1.54) is 0 Å². The summed E-state index contributed by atoms with van der Waals surface area (Å²) in [5, 5.41) is 7.75. The van der Waals surface area contributed by atoms with E-state index in [2.05, 4.69) is 10.2 Å². The van der Waals surface area contributed by atoms with Crippen LogP contribution < -0.4 is 0 Å². The highest BCUT2D eigenvalue weighted by Crippen LogP contribution is 2.17. The summed E-state index contributed by atoms with van der Waals surface area (Å²) in [6.07, 6.45) is -0.120. The van der Waals surface area contributed by atoms with E-state index in [9.17, 15) is 0 Å². The molecule has 4 heteroatoms. The molecule has 0 spiro atoms. The monoisotopic (exact) mass is 170 g/mol. The van der Waals surface area contributed by atoms with E-state index < -0.39 is 0 Å². The van der Waals surface area contributed by atoms with Crippen LogP contribution >= 0.6 is 0 Å². The lowest BCUT2D eigenvalue weighted by molar-refractivity contribution is 0.0933. The van der Waals surface area contributed by atoms with Crippen molar-refractivity contribution in [3.63, 3.8) is 0 Å². The predicted octanol–water partition coefficient (Wildman–Crippen LogP) is 1.90. The minimum Gasteiger partial charge on any atom is -0.422 e. The molecule has 0 amide bonds. The van der Waals surface area contributed by atoms with Gasteiger partial charge in [0.15, 0.2) is 0 Å². The van der Waals surface area contributed by atoms with Crippen molar-refractivity contribution >= 4 is 0 Å². The van der Waals surface area contributed by atoms with Crippen LogP contribution in [0.3, 0.4) is 0 Å². The van der Waals surface area contributed by atoms with Crippen molar-refractivity contribution in [2.75, 3.05) is 7.11 Å². The summed E-state index contributed by atoms with van der Waals surface area (Å²) in [5.41, 5.74) is 0. The number of hydrogen-bond acceptors (Lipinski definition) is 4. The van der Waals surface area contributed by atoms with Gasteiger partial charge in [-0.15, -0.1) is 10.2 Å². The number of rotatable bonds is 3. The molecule has 0 aliphatic heterocycles. The highest BCUT2D eigenvalue weighted by molar-refractivity contribution is 4.89. The molecule has 0 aliphatic rings. The first kappa shape index (κ1) is 9.19. The zero-order valence-electron chi connectivity index (χ0n) is 7.87. The Morgan fingerprint density at radius 3 is 2.17 bits per heavy atom. The molecule has 0 N–H and O–H groups in total. The van der Waals surface area contributed by atoms with Crippen LogP contribution in [0.4, 0.5) is 0 Å². The number of hydrogen-bond donors (Lipinski definition) is 0. The van der Waals surface area contributed by atoms with Crippen molar-refractivity contribution in [1.82, 2.24) is 10.2 Å². The van der Waals surface area contributed by atoms with Crippen LogP contribution in [0, 0.1) is 0 Å². The van der Waals surface area contributed by atoms with Crippen LogP contribution in [-0.4, -0.2) is 17.3 Å². The van der Waals surface area contributed by atoms with Crippen molar-refractivity contribution in [2.24, 2.45) is 0 Å². The minimum atomic E-state index is -0.120. The van der Waals surface area contributed by atoms with Gasteiger partial charge in [-0.1, -0.05) is 13.8 Å². The van der Waals surface area contributed by atoms with Gasteiger partial charge in [0.25, 0.3) is 0 Å². The molecule has 0 radical (unpaired) electrons. The number of nitrogens with zero attached hydrogens (tertiary/aromatic N) is 2. The van der Waals surface area contributed by atoms with Gasteiger partial charge in [-0.05, 0) is 6.92 Å². The Labute approximate surface area is 71.9 Å². The molecular weight excluding hydrogens is 156 g/mol. The summed E-state index contributed by atoms with van der Waals surface area (Å²) in [6.45, 7) is 5.89. The van der Waals surface area contributed by atoms with Gasteiger partial charge in [-0.25, -0.2) is 0 Å². The van der Waals surface area contributed by atoms with Gasteiger partial charge in [0.1, 0.15) is 6.10 Å². The maximum atomic E-state index is 5.35. The standard InChI is InChI=1S/C8H14N2O2/c1-5(2)7-9-10-8(12-7)6(3)11-4/h5-6H,1-4H3. The first-order valence-corrected chi connectivity index (χ1v) is 4.01. The zero-order chi connectivity index (χ0) is 9.14. The lowest BCUT2D eigenvalue weighted by atomic mass is 10.2. The van der Waals surface area contributed by atoms with Gasteiger partial charge in [0, 0.05) is 13.0 Å². The fourth-order valence-corrected chi connectivity index (χ4v) is 0.745. The molecule has 1 unspecified atom stereocenters. The van der Waals surface area contributed by atoms with Gasteiger partial charge in [-0.3, -0.25) is 0 Å². The number of methoxy groups -OCH3 is 1. The molecule has 4 nitrogen and oxygen atoms in total. The highest BCUT2D eigenvalue weighted by atomic mass is 16.5. The van der Waals surface area contributed by atoms with Crippen LogP contribution in [0.25, 0.3) is 0 Å². The Bertz CT molecular complexity index is 245. The molecule has 1 heterocycles. The highest BCUT2D eigenvalue weighted by Gasteiger charge is 2.14. The Morgan fingerprint density at radius 1 is 1.17 bits per heavy atom. The second-order valence-corrected chi connectivity index (χ2v) is 3.01. The minimum absolute atomic E-state index is 0.120. The molecule has 12 heavy (non-hydrogen) atoms. The third-order valence-corrected chi connectivity index (χ3v) is 1.65. The predicted molar refractivity (Wildman–Crippen MR) is 43.8 cm³/mol. The van der Waals surface area contributed by atoms with Gasteiger partial charge >= 0.3 is 0 Å². The van der Waals surface area contributed by atoms with Crippen LogP contribution in [0.5, 0.6) is 0 Å². The lowest BCUT2D eigenvalue weighted by Crippen LogP contribution is -1.95. The van der Waals surface area contributed by atoms with Crippen molar-refractivity contribution in [2.45, 2.75) is 32.8 Å². The molecule has 0 bridgehead atoms. The molecule has 1 rings (SSSR count). The molecule has 1 aromatic heterocycles. The maximum Gasteiger partial charge on any atom is 0.244 e. The molecule has 68 valence electrons. The Morgan fingerprint density at radius 2 is 1.75 bits per heavy atom. The first-order chi connectivity index (χ1) is 5.65. The van der Waals surface area contributed by atoms with E-state index in [1.807, 2.05) is 20.8 Å². The second kappa shape index (κ2) is 3.67. The average Bonchev–Trinajstić information content (AvgIpc) is 2.51. The van der Waals surface area contributed by atoms with E-state index in [4.69, 9.17) is 9.15 Å². The second-order valence-electron chi connectivity index (χ2n) is 3.01. The Hall–Kier alpha value is -0.900. The molecular formula is C8H14N2O2. The molecule has 0 saturated carbocycles. The fourth-order valence-electron chi connectivity index (χ4n) is 0.745. The average molecular weight is 170 g/mol. The van der Waals surface area contributed by atoms with E-state index in [-0.39, 0.29) is 12.0 Å². The van der Waals surface area contributed by atoms with Crippen LogP contribution in [0.15, 0.2) is 4.42 Å². The van der Waals surface area contributed by atoms with E-state index in [0.29, 0.717) is 11.8 Å². The summed E-state index contributed by atoms with van der Waals surface area (Å²) < 4.78 is 10.4. The summed E-state index contributed by atoms with van der Waals surface area (Å²) >= 11 is 0. The topological polar surface area (TPSA) is 48.2 Å². The maximum absolute atomic E-state index is 5.35.